The highest BCUT2D eigenvalue weighted by atomic mass is 16.7. The van der Waals surface area contributed by atoms with Crippen LogP contribution < -0.4 is 5.32 Å². The summed E-state index contributed by atoms with van der Waals surface area (Å²) in [5.41, 5.74) is -0.917. The number of hydrogen-bond acceptors (Lipinski definition) is 7. The number of hydrogen-bond donors (Lipinski definition) is 2. The van der Waals surface area contributed by atoms with Crippen LogP contribution in [0.15, 0.2) is 6.20 Å². The fraction of sp³-hybridized carbons (Fsp3) is 0.812. The van der Waals surface area contributed by atoms with Crippen molar-refractivity contribution in [1.82, 2.24) is 20.3 Å². The number of nitrogens with one attached hydrogen (secondary N) is 1. The molecule has 3 atom stereocenters. The van der Waals surface area contributed by atoms with Gasteiger partial charge in [0.1, 0.15) is 12.2 Å². The highest BCUT2D eigenvalue weighted by molar-refractivity contribution is 5.75. The molecule has 25 heavy (non-hydrogen) atoms. The summed E-state index contributed by atoms with van der Waals surface area (Å²) in [7, 11) is 0. The van der Waals surface area contributed by atoms with Crippen molar-refractivity contribution in [1.29, 1.82) is 0 Å². The molecule has 0 saturated carbocycles. The quantitative estimate of drug-likeness (QED) is 0.738. The second-order valence-electron chi connectivity index (χ2n) is 7.05. The van der Waals surface area contributed by atoms with E-state index in [4.69, 9.17) is 14.2 Å². The molecule has 138 valence electrons. The lowest BCUT2D eigenvalue weighted by atomic mass is 9.90. The van der Waals surface area contributed by atoms with Crippen LogP contribution in [0.4, 0.5) is 0 Å². The largest absolute Gasteiger partial charge is 0.381 e. The number of ether oxygens (including phenoxy) is 3. The Balaban J connectivity index is 1.32. The van der Waals surface area contributed by atoms with Gasteiger partial charge < -0.3 is 24.6 Å². The predicted octanol–water partition coefficient (Wildman–Crippen LogP) is -0.456. The number of nitrogens with zero attached hydrogens (tertiary/aromatic N) is 3. The van der Waals surface area contributed by atoms with Gasteiger partial charge in [-0.2, -0.15) is 0 Å². The summed E-state index contributed by atoms with van der Waals surface area (Å²) in [5.74, 6) is 0.351. The van der Waals surface area contributed by atoms with Crippen molar-refractivity contribution >= 4 is 5.91 Å². The average molecular weight is 352 g/mol. The van der Waals surface area contributed by atoms with E-state index >= 15 is 0 Å². The first-order chi connectivity index (χ1) is 12.1. The molecular weight excluding hydrogens is 328 g/mol. The van der Waals surface area contributed by atoms with Gasteiger partial charge in [-0.3, -0.25) is 4.79 Å². The third-order valence-corrected chi connectivity index (χ3v) is 5.20. The molecule has 4 rings (SSSR count). The number of aliphatic hydroxyl groups is 1. The molecule has 3 aliphatic heterocycles. The molecule has 1 aromatic heterocycles. The van der Waals surface area contributed by atoms with Crippen LogP contribution in [0.2, 0.25) is 0 Å². The molecule has 2 bridgehead atoms. The maximum absolute atomic E-state index is 12.1. The molecular formula is C16H24N4O5. The van der Waals surface area contributed by atoms with Crippen molar-refractivity contribution in [2.45, 2.75) is 50.2 Å². The van der Waals surface area contributed by atoms with Crippen LogP contribution in [0.1, 0.15) is 31.4 Å². The van der Waals surface area contributed by atoms with Crippen LogP contribution in [-0.2, 0) is 31.2 Å². The summed E-state index contributed by atoms with van der Waals surface area (Å²) < 4.78 is 17.9. The lowest BCUT2D eigenvalue weighted by molar-refractivity contribution is -0.219. The Labute approximate surface area is 145 Å². The molecule has 3 aliphatic rings. The highest BCUT2D eigenvalue weighted by Gasteiger charge is 2.51. The van der Waals surface area contributed by atoms with Crippen molar-refractivity contribution < 1.29 is 24.1 Å². The third-order valence-electron chi connectivity index (χ3n) is 5.20. The van der Waals surface area contributed by atoms with Gasteiger partial charge in [0.15, 0.2) is 11.9 Å². The minimum absolute atomic E-state index is 0.0521. The van der Waals surface area contributed by atoms with E-state index in [0.717, 1.165) is 26.1 Å². The summed E-state index contributed by atoms with van der Waals surface area (Å²) >= 11 is 0. The van der Waals surface area contributed by atoms with E-state index in [-0.39, 0.29) is 18.6 Å². The number of carbonyl (C=O) groups excluding carboxylic acids is 1. The van der Waals surface area contributed by atoms with Crippen LogP contribution >= 0.6 is 0 Å². The number of aromatic nitrogens is 3. The molecule has 9 nitrogen and oxygen atoms in total. The van der Waals surface area contributed by atoms with Crippen molar-refractivity contribution in [2.75, 3.05) is 26.4 Å². The first kappa shape index (κ1) is 16.9. The van der Waals surface area contributed by atoms with E-state index in [2.05, 4.69) is 15.6 Å². The third kappa shape index (κ3) is 3.55. The highest BCUT2D eigenvalue weighted by Crippen LogP contribution is 2.40. The maximum atomic E-state index is 12.1. The second-order valence-corrected chi connectivity index (χ2v) is 7.05. The topological polar surface area (TPSA) is 108 Å². The number of rotatable bonds is 5. The minimum atomic E-state index is -1.30. The van der Waals surface area contributed by atoms with Gasteiger partial charge in [0.05, 0.1) is 18.9 Å². The van der Waals surface area contributed by atoms with Gasteiger partial charge in [0, 0.05) is 19.8 Å². The average Bonchev–Trinajstić information content (AvgIpc) is 3.26. The standard InChI is InChI=1S/C16H24N4O5/c21-14(17-7-11-2-5-23-6-3-11)9-20-8-13(18-19-20)16(22)4-1-12-10-24-15(16)25-12/h8,11-12,15,22H,1-7,9-10H2,(H,17,21)/t12-,15+,16?/m0/s1. The number of fused-ring (bicyclic) bond motifs is 2. The normalized spacial score (nSPS) is 32.7. The lowest BCUT2D eigenvalue weighted by Crippen LogP contribution is -2.44. The Bertz CT molecular complexity index is 617. The zero-order valence-corrected chi connectivity index (χ0v) is 14.1. The predicted molar refractivity (Wildman–Crippen MR) is 84.3 cm³/mol. The molecule has 0 aromatic carbocycles. The minimum Gasteiger partial charge on any atom is -0.381 e. The van der Waals surface area contributed by atoms with Gasteiger partial charge in [0.2, 0.25) is 5.91 Å². The summed E-state index contributed by atoms with van der Waals surface area (Å²) in [6.45, 7) is 2.74. The second kappa shape index (κ2) is 6.99. The Hall–Kier alpha value is -1.55. The monoisotopic (exact) mass is 352 g/mol. The van der Waals surface area contributed by atoms with E-state index in [1.165, 1.54) is 4.68 Å². The molecule has 2 N–H and O–H groups in total. The molecule has 1 amide bonds. The van der Waals surface area contributed by atoms with E-state index in [1.54, 1.807) is 6.20 Å². The molecule has 3 saturated heterocycles. The Morgan fingerprint density at radius 3 is 3.08 bits per heavy atom. The molecule has 9 heteroatoms. The van der Waals surface area contributed by atoms with Crippen LogP contribution in [0, 0.1) is 5.92 Å². The Morgan fingerprint density at radius 2 is 2.24 bits per heavy atom. The van der Waals surface area contributed by atoms with E-state index in [9.17, 15) is 9.90 Å². The van der Waals surface area contributed by atoms with Gasteiger partial charge in [0.25, 0.3) is 0 Å². The van der Waals surface area contributed by atoms with Crippen LogP contribution in [0.5, 0.6) is 0 Å². The van der Waals surface area contributed by atoms with Crippen molar-refractivity contribution in [2.24, 2.45) is 5.92 Å². The fourth-order valence-corrected chi connectivity index (χ4v) is 3.58. The zero-order chi connectivity index (χ0) is 17.3. The van der Waals surface area contributed by atoms with Gasteiger partial charge in [-0.05, 0) is 31.6 Å². The summed E-state index contributed by atoms with van der Waals surface area (Å²) in [6, 6.07) is 0. The summed E-state index contributed by atoms with van der Waals surface area (Å²) in [4.78, 5) is 12.1. The molecule has 4 heterocycles. The van der Waals surface area contributed by atoms with Crippen LogP contribution in [0.3, 0.4) is 0 Å². The fourth-order valence-electron chi connectivity index (χ4n) is 3.58. The van der Waals surface area contributed by atoms with Crippen LogP contribution in [-0.4, -0.2) is 64.8 Å². The summed E-state index contributed by atoms with van der Waals surface area (Å²) in [6.07, 6.45) is 4.11. The summed E-state index contributed by atoms with van der Waals surface area (Å²) in [5, 5.41) is 21.8. The van der Waals surface area contributed by atoms with Crippen molar-refractivity contribution in [3.05, 3.63) is 11.9 Å². The zero-order valence-electron chi connectivity index (χ0n) is 14.1. The molecule has 3 fully saturated rings. The van der Waals surface area contributed by atoms with Crippen LogP contribution in [0.25, 0.3) is 0 Å². The first-order valence-electron chi connectivity index (χ1n) is 8.88. The Morgan fingerprint density at radius 1 is 1.40 bits per heavy atom. The number of amides is 1. The molecule has 1 aromatic rings. The van der Waals surface area contributed by atoms with Gasteiger partial charge in [-0.15, -0.1) is 5.10 Å². The molecule has 0 aliphatic carbocycles. The van der Waals surface area contributed by atoms with E-state index < -0.39 is 11.9 Å². The van der Waals surface area contributed by atoms with Gasteiger partial charge in [-0.25, -0.2) is 4.68 Å². The molecule has 0 spiro atoms. The van der Waals surface area contributed by atoms with Crippen molar-refractivity contribution in [3.63, 3.8) is 0 Å². The smallest absolute Gasteiger partial charge is 0.241 e. The van der Waals surface area contributed by atoms with E-state index in [0.29, 0.717) is 37.6 Å². The lowest BCUT2D eigenvalue weighted by Gasteiger charge is -2.34. The van der Waals surface area contributed by atoms with E-state index in [1.807, 2.05) is 0 Å². The maximum Gasteiger partial charge on any atom is 0.241 e. The van der Waals surface area contributed by atoms with Gasteiger partial charge >= 0.3 is 0 Å². The van der Waals surface area contributed by atoms with Gasteiger partial charge in [-0.1, -0.05) is 5.21 Å². The number of carbonyl (C=O) groups is 1. The molecule has 1 unspecified atom stereocenters. The van der Waals surface area contributed by atoms with Crippen molar-refractivity contribution in [3.8, 4) is 0 Å². The molecule has 0 radical (unpaired) electrons. The Kier molecular flexibility index (Phi) is 4.72. The first-order valence-corrected chi connectivity index (χ1v) is 8.88. The SMILES string of the molecule is O=C(Cn1cc(C2(O)CC[C@H]3CO[C@@H]2O3)nn1)NCC1CCOCC1.